The highest BCUT2D eigenvalue weighted by atomic mass is 32.1. The SMILES string of the molecule is CCCNC(c1ccc(C)s1)C1(C)CCCCC1. The maximum absolute atomic E-state index is 3.82. The highest BCUT2D eigenvalue weighted by molar-refractivity contribution is 7.12. The van der Waals surface area contributed by atoms with Crippen LogP contribution < -0.4 is 5.32 Å². The molecule has 2 rings (SSSR count). The smallest absolute Gasteiger partial charge is 0.0469 e. The zero-order chi connectivity index (χ0) is 13.0. The predicted molar refractivity (Wildman–Crippen MR) is 81.3 cm³/mol. The van der Waals surface area contributed by atoms with Gasteiger partial charge < -0.3 is 5.32 Å². The molecule has 0 aromatic carbocycles. The van der Waals surface area contributed by atoms with Gasteiger partial charge >= 0.3 is 0 Å². The van der Waals surface area contributed by atoms with Gasteiger partial charge in [0.1, 0.15) is 0 Å². The van der Waals surface area contributed by atoms with Gasteiger partial charge in [-0.25, -0.2) is 0 Å². The Kier molecular flexibility index (Phi) is 4.85. The lowest BCUT2D eigenvalue weighted by molar-refractivity contribution is 0.147. The molecule has 0 amide bonds. The number of hydrogen-bond donors (Lipinski definition) is 1. The van der Waals surface area contributed by atoms with Crippen molar-refractivity contribution in [3.63, 3.8) is 0 Å². The first-order valence-corrected chi connectivity index (χ1v) is 8.27. The van der Waals surface area contributed by atoms with Crippen molar-refractivity contribution in [2.24, 2.45) is 5.41 Å². The van der Waals surface area contributed by atoms with Gasteiger partial charge in [-0.3, -0.25) is 0 Å². The van der Waals surface area contributed by atoms with Crippen molar-refractivity contribution in [1.29, 1.82) is 0 Å². The van der Waals surface area contributed by atoms with Gasteiger partial charge in [0, 0.05) is 15.8 Å². The van der Waals surface area contributed by atoms with Crippen molar-refractivity contribution < 1.29 is 0 Å². The number of rotatable bonds is 5. The Labute approximate surface area is 116 Å². The molecule has 0 aliphatic heterocycles. The molecular weight excluding hydrogens is 238 g/mol. The van der Waals surface area contributed by atoms with E-state index in [1.807, 2.05) is 11.3 Å². The highest BCUT2D eigenvalue weighted by Crippen LogP contribution is 2.47. The average molecular weight is 265 g/mol. The third-order valence-electron chi connectivity index (χ3n) is 4.34. The summed E-state index contributed by atoms with van der Waals surface area (Å²) in [5, 5.41) is 3.82. The van der Waals surface area contributed by atoms with E-state index in [9.17, 15) is 0 Å². The van der Waals surface area contributed by atoms with Crippen LogP contribution in [0.3, 0.4) is 0 Å². The van der Waals surface area contributed by atoms with Crippen LogP contribution in [0.2, 0.25) is 0 Å². The predicted octanol–water partition coefficient (Wildman–Crippen LogP) is 5.07. The standard InChI is InChI=1S/C16H27NS/c1-4-12-17-15(14-9-8-13(2)18-14)16(3)10-6-5-7-11-16/h8-9,15,17H,4-7,10-12H2,1-3H3. The fraction of sp³-hybridized carbons (Fsp3) is 0.750. The molecule has 1 aliphatic carbocycles. The zero-order valence-corrected chi connectivity index (χ0v) is 12.9. The van der Waals surface area contributed by atoms with Gasteiger partial charge in [-0.2, -0.15) is 0 Å². The molecule has 1 N–H and O–H groups in total. The summed E-state index contributed by atoms with van der Waals surface area (Å²) in [4.78, 5) is 2.98. The second-order valence-corrected chi connectivity index (χ2v) is 7.37. The summed E-state index contributed by atoms with van der Waals surface area (Å²) >= 11 is 1.98. The van der Waals surface area contributed by atoms with E-state index in [1.54, 1.807) is 4.88 Å². The quantitative estimate of drug-likeness (QED) is 0.784. The van der Waals surface area contributed by atoms with Crippen LogP contribution in [0.5, 0.6) is 0 Å². The van der Waals surface area contributed by atoms with Gasteiger partial charge in [-0.05, 0) is 50.3 Å². The first-order valence-electron chi connectivity index (χ1n) is 7.45. The minimum absolute atomic E-state index is 0.463. The fourth-order valence-electron chi connectivity index (χ4n) is 3.24. The molecule has 2 heteroatoms. The first-order chi connectivity index (χ1) is 8.65. The van der Waals surface area contributed by atoms with E-state index >= 15 is 0 Å². The van der Waals surface area contributed by atoms with Gasteiger partial charge in [0.2, 0.25) is 0 Å². The molecule has 1 heterocycles. The van der Waals surface area contributed by atoms with Crippen LogP contribution in [-0.2, 0) is 0 Å². The maximum Gasteiger partial charge on any atom is 0.0469 e. The third kappa shape index (κ3) is 3.16. The molecule has 1 saturated carbocycles. The summed E-state index contributed by atoms with van der Waals surface area (Å²) in [6, 6.07) is 5.18. The Morgan fingerprint density at radius 3 is 2.56 bits per heavy atom. The van der Waals surface area contributed by atoms with E-state index in [0.29, 0.717) is 11.5 Å². The van der Waals surface area contributed by atoms with E-state index in [1.165, 1.54) is 43.4 Å². The van der Waals surface area contributed by atoms with Crippen molar-refractivity contribution in [1.82, 2.24) is 5.32 Å². The van der Waals surface area contributed by atoms with Crippen LogP contribution in [0, 0.1) is 12.3 Å². The molecule has 0 saturated heterocycles. The molecule has 1 atom stereocenters. The topological polar surface area (TPSA) is 12.0 Å². The summed E-state index contributed by atoms with van der Waals surface area (Å²) in [7, 11) is 0. The van der Waals surface area contributed by atoms with E-state index in [4.69, 9.17) is 0 Å². The molecule has 1 fully saturated rings. The van der Waals surface area contributed by atoms with E-state index in [0.717, 1.165) is 6.54 Å². The van der Waals surface area contributed by atoms with Gasteiger partial charge in [0.05, 0.1) is 0 Å². The lowest BCUT2D eigenvalue weighted by Crippen LogP contribution is -2.37. The Morgan fingerprint density at radius 1 is 1.28 bits per heavy atom. The van der Waals surface area contributed by atoms with Crippen molar-refractivity contribution in [3.8, 4) is 0 Å². The van der Waals surface area contributed by atoms with Crippen LogP contribution >= 0.6 is 11.3 Å². The Balaban J connectivity index is 2.18. The third-order valence-corrected chi connectivity index (χ3v) is 5.40. The van der Waals surface area contributed by atoms with Crippen LogP contribution in [0.1, 0.15) is 68.2 Å². The summed E-state index contributed by atoms with van der Waals surface area (Å²) in [6.45, 7) is 8.10. The Hall–Kier alpha value is -0.340. The molecule has 1 aromatic heterocycles. The van der Waals surface area contributed by atoms with Crippen LogP contribution in [0.15, 0.2) is 12.1 Å². The molecule has 18 heavy (non-hydrogen) atoms. The van der Waals surface area contributed by atoms with Crippen molar-refractivity contribution in [2.45, 2.75) is 65.3 Å². The zero-order valence-electron chi connectivity index (χ0n) is 12.1. The number of nitrogens with one attached hydrogen (secondary N) is 1. The van der Waals surface area contributed by atoms with Crippen LogP contribution in [0.25, 0.3) is 0 Å². The Bertz CT molecular complexity index is 363. The van der Waals surface area contributed by atoms with Gasteiger partial charge in [0.25, 0.3) is 0 Å². The molecule has 1 unspecified atom stereocenters. The number of aryl methyl sites for hydroxylation is 1. The fourth-order valence-corrected chi connectivity index (χ4v) is 4.37. The maximum atomic E-state index is 3.82. The number of hydrogen-bond acceptors (Lipinski definition) is 2. The van der Waals surface area contributed by atoms with Crippen molar-refractivity contribution in [2.75, 3.05) is 6.54 Å². The molecule has 1 aromatic rings. The van der Waals surface area contributed by atoms with Crippen LogP contribution in [-0.4, -0.2) is 6.54 Å². The molecule has 1 nitrogen and oxygen atoms in total. The molecular formula is C16H27NS. The van der Waals surface area contributed by atoms with E-state index < -0.39 is 0 Å². The van der Waals surface area contributed by atoms with Crippen LogP contribution in [0.4, 0.5) is 0 Å². The first kappa shape index (κ1) is 14.1. The van der Waals surface area contributed by atoms with Gasteiger partial charge in [-0.1, -0.05) is 33.1 Å². The normalized spacial score (nSPS) is 20.8. The van der Waals surface area contributed by atoms with E-state index in [-0.39, 0.29) is 0 Å². The second-order valence-electron chi connectivity index (χ2n) is 6.05. The average Bonchev–Trinajstić information content (AvgIpc) is 2.77. The lowest BCUT2D eigenvalue weighted by Gasteiger charge is -2.41. The minimum Gasteiger partial charge on any atom is -0.309 e. The summed E-state index contributed by atoms with van der Waals surface area (Å²) < 4.78 is 0. The summed E-state index contributed by atoms with van der Waals surface area (Å²) in [5.41, 5.74) is 0.463. The molecule has 102 valence electrons. The van der Waals surface area contributed by atoms with Gasteiger partial charge in [-0.15, -0.1) is 11.3 Å². The van der Waals surface area contributed by atoms with Crippen molar-refractivity contribution in [3.05, 3.63) is 21.9 Å². The molecule has 0 radical (unpaired) electrons. The molecule has 0 spiro atoms. The number of thiophene rings is 1. The largest absolute Gasteiger partial charge is 0.309 e. The summed E-state index contributed by atoms with van der Waals surface area (Å²) in [6.07, 6.45) is 8.23. The molecule has 1 aliphatic rings. The molecule has 0 bridgehead atoms. The second kappa shape index (κ2) is 6.21. The lowest BCUT2D eigenvalue weighted by atomic mass is 9.70. The summed E-state index contributed by atoms with van der Waals surface area (Å²) in [5.74, 6) is 0. The minimum atomic E-state index is 0.463. The highest BCUT2D eigenvalue weighted by Gasteiger charge is 2.36. The Morgan fingerprint density at radius 2 is 2.00 bits per heavy atom. The monoisotopic (exact) mass is 265 g/mol. The van der Waals surface area contributed by atoms with Gasteiger partial charge in [0.15, 0.2) is 0 Å². The van der Waals surface area contributed by atoms with E-state index in [2.05, 4.69) is 38.2 Å². The van der Waals surface area contributed by atoms with Crippen molar-refractivity contribution >= 4 is 11.3 Å².